The summed E-state index contributed by atoms with van der Waals surface area (Å²) < 4.78 is 0. The molecule has 2 fully saturated rings. The average molecular weight is 255 g/mol. The Hall–Kier alpha value is -1.53. The molecule has 0 spiro atoms. The monoisotopic (exact) mass is 255 g/mol. The van der Waals surface area contributed by atoms with Crippen molar-refractivity contribution in [2.24, 2.45) is 0 Å². The lowest BCUT2D eigenvalue weighted by atomic mass is 9.91. The van der Waals surface area contributed by atoms with Crippen molar-refractivity contribution in [2.75, 3.05) is 11.9 Å². The van der Waals surface area contributed by atoms with Crippen LogP contribution in [0.15, 0.2) is 18.2 Å². The first-order valence-corrected chi connectivity index (χ1v) is 7.27. The lowest BCUT2D eigenvalue weighted by Crippen LogP contribution is -2.37. The fourth-order valence-electron chi connectivity index (χ4n) is 2.61. The molecule has 1 aromatic carbocycles. The Kier molecular flexibility index (Phi) is 3.44. The summed E-state index contributed by atoms with van der Waals surface area (Å²) in [6.07, 6.45) is 6.43. The van der Waals surface area contributed by atoms with Gasteiger partial charge in [0.1, 0.15) is 6.07 Å². The summed E-state index contributed by atoms with van der Waals surface area (Å²) in [7, 11) is 2.11. The van der Waals surface area contributed by atoms with Crippen LogP contribution in [0.4, 0.5) is 5.69 Å². The largest absolute Gasteiger partial charge is 0.371 e. The van der Waals surface area contributed by atoms with Gasteiger partial charge in [-0.2, -0.15) is 5.26 Å². The summed E-state index contributed by atoms with van der Waals surface area (Å²) in [6, 6.07) is 10.00. The Bertz CT molecular complexity index is 495. The van der Waals surface area contributed by atoms with Crippen LogP contribution in [0, 0.1) is 11.3 Å². The van der Waals surface area contributed by atoms with Crippen LogP contribution >= 0.6 is 0 Å². The third-order valence-corrected chi connectivity index (χ3v) is 4.36. The molecule has 0 amide bonds. The SMILES string of the molecule is CN(c1ccc(CNC2CC2)cc1C#N)C1CCC1. The highest BCUT2D eigenvalue weighted by Crippen LogP contribution is 2.30. The molecule has 100 valence electrons. The zero-order valence-electron chi connectivity index (χ0n) is 11.5. The van der Waals surface area contributed by atoms with Gasteiger partial charge in [0, 0.05) is 25.7 Å². The lowest BCUT2D eigenvalue weighted by molar-refractivity contribution is 0.401. The Labute approximate surface area is 115 Å². The van der Waals surface area contributed by atoms with E-state index in [9.17, 15) is 5.26 Å². The topological polar surface area (TPSA) is 39.1 Å². The van der Waals surface area contributed by atoms with Crippen LogP contribution < -0.4 is 10.2 Å². The smallest absolute Gasteiger partial charge is 0.101 e. The molecule has 19 heavy (non-hydrogen) atoms. The van der Waals surface area contributed by atoms with Gasteiger partial charge >= 0.3 is 0 Å². The maximum atomic E-state index is 9.36. The number of hydrogen-bond donors (Lipinski definition) is 1. The van der Waals surface area contributed by atoms with E-state index in [0.717, 1.165) is 17.8 Å². The van der Waals surface area contributed by atoms with Gasteiger partial charge in [-0.15, -0.1) is 0 Å². The molecule has 2 aliphatic carbocycles. The van der Waals surface area contributed by atoms with E-state index in [-0.39, 0.29) is 0 Å². The van der Waals surface area contributed by atoms with E-state index < -0.39 is 0 Å². The summed E-state index contributed by atoms with van der Waals surface area (Å²) in [5.74, 6) is 0. The predicted molar refractivity (Wildman–Crippen MR) is 77.1 cm³/mol. The molecule has 0 unspecified atom stereocenters. The van der Waals surface area contributed by atoms with Crippen molar-refractivity contribution < 1.29 is 0 Å². The first-order valence-electron chi connectivity index (χ1n) is 7.27. The standard InChI is InChI=1S/C16H21N3/c1-19(15-3-2-4-15)16-8-5-12(9-13(16)10-17)11-18-14-6-7-14/h5,8-9,14-15,18H,2-4,6-7,11H2,1H3. The summed E-state index contributed by atoms with van der Waals surface area (Å²) in [4.78, 5) is 2.28. The first kappa shape index (κ1) is 12.5. The number of hydrogen-bond acceptors (Lipinski definition) is 3. The van der Waals surface area contributed by atoms with Crippen LogP contribution in [0.5, 0.6) is 0 Å². The molecule has 3 rings (SSSR count). The number of nitrogens with one attached hydrogen (secondary N) is 1. The quantitative estimate of drug-likeness (QED) is 0.879. The van der Waals surface area contributed by atoms with Crippen molar-refractivity contribution in [1.29, 1.82) is 5.26 Å². The van der Waals surface area contributed by atoms with E-state index in [4.69, 9.17) is 0 Å². The molecule has 1 N–H and O–H groups in total. The molecule has 0 aromatic heterocycles. The molecule has 0 atom stereocenters. The van der Waals surface area contributed by atoms with Crippen LogP contribution in [-0.2, 0) is 6.54 Å². The summed E-state index contributed by atoms with van der Waals surface area (Å²) in [6.45, 7) is 0.882. The van der Waals surface area contributed by atoms with Crippen LogP contribution in [0.2, 0.25) is 0 Å². The molecule has 0 bridgehead atoms. The van der Waals surface area contributed by atoms with Crippen LogP contribution in [0.3, 0.4) is 0 Å². The molecule has 0 radical (unpaired) electrons. The maximum Gasteiger partial charge on any atom is 0.101 e. The van der Waals surface area contributed by atoms with Gasteiger partial charge in [-0.1, -0.05) is 6.07 Å². The fourth-order valence-corrected chi connectivity index (χ4v) is 2.61. The zero-order valence-corrected chi connectivity index (χ0v) is 11.5. The second kappa shape index (κ2) is 5.22. The van der Waals surface area contributed by atoms with Crippen molar-refractivity contribution >= 4 is 5.69 Å². The molecule has 3 nitrogen and oxygen atoms in total. The van der Waals surface area contributed by atoms with Crippen molar-refractivity contribution in [3.8, 4) is 6.07 Å². The summed E-state index contributed by atoms with van der Waals surface area (Å²) in [5.41, 5.74) is 3.11. The summed E-state index contributed by atoms with van der Waals surface area (Å²) >= 11 is 0. The predicted octanol–water partition coefficient (Wildman–Crippen LogP) is 2.80. The van der Waals surface area contributed by atoms with Gasteiger partial charge < -0.3 is 10.2 Å². The van der Waals surface area contributed by atoms with Crippen molar-refractivity contribution in [2.45, 2.75) is 50.7 Å². The second-order valence-corrected chi connectivity index (χ2v) is 5.81. The van der Waals surface area contributed by atoms with Crippen LogP contribution in [-0.4, -0.2) is 19.1 Å². The van der Waals surface area contributed by atoms with Gasteiger partial charge in [-0.25, -0.2) is 0 Å². The first-order chi connectivity index (χ1) is 9.28. The molecular weight excluding hydrogens is 234 g/mol. The van der Waals surface area contributed by atoms with Gasteiger partial charge in [0.05, 0.1) is 11.3 Å². The Morgan fingerprint density at radius 2 is 2.11 bits per heavy atom. The minimum absolute atomic E-state index is 0.627. The minimum atomic E-state index is 0.627. The van der Waals surface area contributed by atoms with Crippen molar-refractivity contribution in [3.05, 3.63) is 29.3 Å². The number of benzene rings is 1. The maximum absolute atomic E-state index is 9.36. The fraction of sp³-hybridized carbons (Fsp3) is 0.562. The molecule has 0 heterocycles. The van der Waals surface area contributed by atoms with Crippen LogP contribution in [0.1, 0.15) is 43.2 Å². The Morgan fingerprint density at radius 1 is 1.32 bits per heavy atom. The van der Waals surface area contributed by atoms with Crippen LogP contribution in [0.25, 0.3) is 0 Å². The highest BCUT2D eigenvalue weighted by molar-refractivity contribution is 5.60. The number of rotatable bonds is 5. The third kappa shape index (κ3) is 2.74. The molecule has 0 aliphatic heterocycles. The normalized spacial score (nSPS) is 18.7. The van der Waals surface area contributed by atoms with E-state index >= 15 is 0 Å². The minimum Gasteiger partial charge on any atom is -0.371 e. The molecule has 0 saturated heterocycles. The molecule has 1 aromatic rings. The highest BCUT2D eigenvalue weighted by atomic mass is 15.1. The number of nitriles is 1. The second-order valence-electron chi connectivity index (χ2n) is 5.81. The highest BCUT2D eigenvalue weighted by Gasteiger charge is 2.24. The third-order valence-electron chi connectivity index (χ3n) is 4.36. The van der Waals surface area contributed by atoms with Gasteiger partial charge in [-0.3, -0.25) is 0 Å². The van der Waals surface area contributed by atoms with Gasteiger partial charge in [-0.05, 0) is 49.8 Å². The summed E-state index contributed by atoms with van der Waals surface area (Å²) in [5, 5.41) is 12.9. The molecule has 2 saturated carbocycles. The van der Waals surface area contributed by atoms with Crippen molar-refractivity contribution in [3.63, 3.8) is 0 Å². The van der Waals surface area contributed by atoms with E-state index in [1.807, 2.05) is 6.07 Å². The Balaban J connectivity index is 1.74. The lowest BCUT2D eigenvalue weighted by Gasteiger charge is -2.36. The Morgan fingerprint density at radius 3 is 2.68 bits per heavy atom. The molecular formula is C16H21N3. The molecule has 3 heteroatoms. The van der Waals surface area contributed by atoms with Gasteiger partial charge in [0.15, 0.2) is 0 Å². The van der Waals surface area contributed by atoms with Crippen molar-refractivity contribution in [1.82, 2.24) is 5.32 Å². The van der Waals surface area contributed by atoms with E-state index in [0.29, 0.717) is 12.1 Å². The van der Waals surface area contributed by atoms with E-state index in [2.05, 4.69) is 35.5 Å². The van der Waals surface area contributed by atoms with Gasteiger partial charge in [0.25, 0.3) is 0 Å². The van der Waals surface area contributed by atoms with E-state index in [1.54, 1.807) is 0 Å². The molecule has 2 aliphatic rings. The number of nitrogens with zero attached hydrogens (tertiary/aromatic N) is 2. The average Bonchev–Trinajstić information content (AvgIpc) is 3.17. The van der Waals surface area contributed by atoms with Gasteiger partial charge in [0.2, 0.25) is 0 Å². The number of anilines is 1. The van der Waals surface area contributed by atoms with E-state index in [1.165, 1.54) is 37.7 Å². The zero-order chi connectivity index (χ0) is 13.2.